The molecule has 0 aliphatic heterocycles. The highest BCUT2D eigenvalue weighted by molar-refractivity contribution is 7.90. The van der Waals surface area contributed by atoms with Crippen LogP contribution in [0.2, 0.25) is 0 Å². The van der Waals surface area contributed by atoms with Gasteiger partial charge in [-0.15, -0.1) is 0 Å². The van der Waals surface area contributed by atoms with Gasteiger partial charge in [0.1, 0.15) is 0 Å². The van der Waals surface area contributed by atoms with E-state index in [-0.39, 0.29) is 11.3 Å². The van der Waals surface area contributed by atoms with E-state index in [1.807, 2.05) is 0 Å². The van der Waals surface area contributed by atoms with Crippen molar-refractivity contribution in [2.75, 3.05) is 6.26 Å². The standard InChI is InChI=1S/C10H12O4S/c1-7-3-4-9(15(2,13)14)8(5-7)6-10(11)12/h3-5H,6H2,1-2H3,(H,11,12). The van der Waals surface area contributed by atoms with Gasteiger partial charge in [-0.05, 0) is 18.6 Å². The second-order valence-electron chi connectivity index (χ2n) is 3.45. The highest BCUT2D eigenvalue weighted by Crippen LogP contribution is 2.17. The van der Waals surface area contributed by atoms with E-state index in [4.69, 9.17) is 5.11 Å². The first kappa shape index (κ1) is 11.7. The number of hydrogen-bond donors (Lipinski definition) is 1. The first-order chi connectivity index (χ1) is 6.80. The van der Waals surface area contributed by atoms with Crippen molar-refractivity contribution in [3.63, 3.8) is 0 Å². The Balaban J connectivity index is 3.33. The SMILES string of the molecule is Cc1ccc(S(C)(=O)=O)c(CC(=O)O)c1. The summed E-state index contributed by atoms with van der Waals surface area (Å²) in [5.41, 5.74) is 1.18. The lowest BCUT2D eigenvalue weighted by molar-refractivity contribution is -0.136. The van der Waals surface area contributed by atoms with E-state index in [1.165, 1.54) is 6.07 Å². The number of benzene rings is 1. The van der Waals surface area contributed by atoms with Gasteiger partial charge in [-0.25, -0.2) is 8.42 Å². The van der Waals surface area contributed by atoms with Crippen molar-refractivity contribution in [2.45, 2.75) is 18.2 Å². The van der Waals surface area contributed by atoms with E-state index < -0.39 is 15.8 Å². The van der Waals surface area contributed by atoms with E-state index in [1.54, 1.807) is 19.1 Å². The highest BCUT2D eigenvalue weighted by Gasteiger charge is 2.15. The first-order valence-corrected chi connectivity index (χ1v) is 6.21. The van der Waals surface area contributed by atoms with Crippen molar-refractivity contribution in [3.8, 4) is 0 Å². The number of rotatable bonds is 3. The van der Waals surface area contributed by atoms with Crippen LogP contribution in [0.3, 0.4) is 0 Å². The van der Waals surface area contributed by atoms with E-state index >= 15 is 0 Å². The third kappa shape index (κ3) is 3.06. The van der Waals surface area contributed by atoms with Gasteiger partial charge < -0.3 is 5.11 Å². The number of aryl methyl sites for hydroxylation is 1. The molecule has 0 aliphatic rings. The molecule has 15 heavy (non-hydrogen) atoms. The van der Waals surface area contributed by atoms with Gasteiger partial charge in [-0.1, -0.05) is 17.7 Å². The number of carboxylic acid groups (broad SMARTS) is 1. The lowest BCUT2D eigenvalue weighted by atomic mass is 10.1. The molecule has 0 saturated carbocycles. The van der Waals surface area contributed by atoms with Gasteiger partial charge in [0, 0.05) is 6.26 Å². The lowest BCUT2D eigenvalue weighted by Crippen LogP contribution is -2.07. The fourth-order valence-electron chi connectivity index (χ4n) is 1.37. The zero-order valence-corrected chi connectivity index (χ0v) is 9.34. The van der Waals surface area contributed by atoms with Gasteiger partial charge in [0.05, 0.1) is 11.3 Å². The maximum absolute atomic E-state index is 11.4. The molecule has 0 saturated heterocycles. The van der Waals surface area contributed by atoms with Crippen molar-refractivity contribution in [2.24, 2.45) is 0 Å². The summed E-state index contributed by atoms with van der Waals surface area (Å²) in [7, 11) is -3.36. The summed E-state index contributed by atoms with van der Waals surface area (Å²) in [4.78, 5) is 10.7. The van der Waals surface area contributed by atoms with Crippen LogP contribution in [0.15, 0.2) is 23.1 Å². The molecular weight excluding hydrogens is 216 g/mol. The normalized spacial score (nSPS) is 11.3. The van der Waals surface area contributed by atoms with Crippen molar-refractivity contribution in [3.05, 3.63) is 29.3 Å². The molecule has 82 valence electrons. The summed E-state index contributed by atoms with van der Waals surface area (Å²) >= 11 is 0. The van der Waals surface area contributed by atoms with Gasteiger partial charge in [0.15, 0.2) is 9.84 Å². The molecule has 0 fully saturated rings. The zero-order valence-electron chi connectivity index (χ0n) is 8.52. The molecule has 0 spiro atoms. The highest BCUT2D eigenvalue weighted by atomic mass is 32.2. The van der Waals surface area contributed by atoms with Crippen molar-refractivity contribution >= 4 is 15.8 Å². The van der Waals surface area contributed by atoms with Gasteiger partial charge in [0.25, 0.3) is 0 Å². The smallest absolute Gasteiger partial charge is 0.307 e. The fraction of sp³-hybridized carbons (Fsp3) is 0.300. The molecule has 0 bridgehead atoms. The van der Waals surface area contributed by atoms with Crippen LogP contribution in [-0.2, 0) is 21.1 Å². The molecule has 0 aromatic heterocycles. The fourth-order valence-corrected chi connectivity index (χ4v) is 2.29. The predicted octanol–water partition coefficient (Wildman–Crippen LogP) is 1.03. The van der Waals surface area contributed by atoms with E-state index in [0.717, 1.165) is 11.8 Å². The molecule has 0 radical (unpaired) electrons. The van der Waals surface area contributed by atoms with Crippen LogP contribution in [0, 0.1) is 6.92 Å². The molecular formula is C10H12O4S. The number of carboxylic acids is 1. The monoisotopic (exact) mass is 228 g/mol. The Labute approximate surface area is 88.5 Å². The molecule has 5 heteroatoms. The number of aliphatic carboxylic acids is 1. The third-order valence-corrected chi connectivity index (χ3v) is 3.15. The Morgan fingerprint density at radius 2 is 2.00 bits per heavy atom. The van der Waals surface area contributed by atoms with Crippen molar-refractivity contribution in [1.82, 2.24) is 0 Å². The molecule has 1 aromatic rings. The maximum Gasteiger partial charge on any atom is 0.307 e. The van der Waals surface area contributed by atoms with E-state index in [9.17, 15) is 13.2 Å². The minimum absolute atomic E-state index is 0.0931. The molecule has 0 unspecified atom stereocenters. The Bertz CT molecular complexity index is 488. The Morgan fingerprint density at radius 1 is 1.40 bits per heavy atom. The Hall–Kier alpha value is -1.36. The van der Waals surface area contributed by atoms with Crippen LogP contribution < -0.4 is 0 Å². The Kier molecular flexibility index (Phi) is 3.14. The van der Waals surface area contributed by atoms with Crippen molar-refractivity contribution < 1.29 is 18.3 Å². The van der Waals surface area contributed by atoms with Crippen LogP contribution in [0.1, 0.15) is 11.1 Å². The summed E-state index contributed by atoms with van der Waals surface area (Å²) in [6.45, 7) is 1.79. The van der Waals surface area contributed by atoms with Crippen LogP contribution in [0.25, 0.3) is 0 Å². The molecule has 0 heterocycles. The minimum atomic E-state index is -3.36. The molecule has 1 aromatic carbocycles. The van der Waals surface area contributed by atoms with E-state index in [2.05, 4.69) is 0 Å². The quantitative estimate of drug-likeness (QED) is 0.838. The summed E-state index contributed by atoms with van der Waals surface area (Å²) in [5, 5.41) is 8.65. The maximum atomic E-state index is 11.4. The average molecular weight is 228 g/mol. The second-order valence-corrected chi connectivity index (χ2v) is 5.44. The second kappa shape index (κ2) is 4.02. The summed E-state index contributed by atoms with van der Waals surface area (Å²) in [6, 6.07) is 4.69. The largest absolute Gasteiger partial charge is 0.481 e. The molecule has 4 nitrogen and oxygen atoms in total. The molecule has 0 aliphatic carbocycles. The summed E-state index contributed by atoms with van der Waals surface area (Å²) in [5.74, 6) is -1.04. The van der Waals surface area contributed by atoms with Gasteiger partial charge in [-0.3, -0.25) is 4.79 Å². The van der Waals surface area contributed by atoms with Gasteiger partial charge in [-0.2, -0.15) is 0 Å². The number of hydrogen-bond acceptors (Lipinski definition) is 3. The molecule has 0 amide bonds. The van der Waals surface area contributed by atoms with Crippen LogP contribution in [-0.4, -0.2) is 25.7 Å². The van der Waals surface area contributed by atoms with Gasteiger partial charge in [0.2, 0.25) is 0 Å². The average Bonchev–Trinajstić information content (AvgIpc) is 1.99. The lowest BCUT2D eigenvalue weighted by Gasteiger charge is -2.06. The molecule has 0 atom stereocenters. The third-order valence-electron chi connectivity index (χ3n) is 1.96. The molecule has 1 N–H and O–H groups in total. The van der Waals surface area contributed by atoms with Crippen LogP contribution in [0.5, 0.6) is 0 Å². The Morgan fingerprint density at radius 3 is 2.47 bits per heavy atom. The van der Waals surface area contributed by atoms with Crippen molar-refractivity contribution in [1.29, 1.82) is 0 Å². The predicted molar refractivity (Wildman–Crippen MR) is 55.6 cm³/mol. The zero-order chi connectivity index (χ0) is 11.6. The van der Waals surface area contributed by atoms with Crippen LogP contribution >= 0.6 is 0 Å². The summed E-state index contributed by atoms with van der Waals surface area (Å²) in [6.07, 6.45) is 0.799. The first-order valence-electron chi connectivity index (χ1n) is 4.32. The van der Waals surface area contributed by atoms with E-state index in [0.29, 0.717) is 5.56 Å². The topological polar surface area (TPSA) is 71.4 Å². The molecule has 1 rings (SSSR count). The number of sulfone groups is 1. The minimum Gasteiger partial charge on any atom is -0.481 e. The van der Waals surface area contributed by atoms with Crippen LogP contribution in [0.4, 0.5) is 0 Å². The number of carbonyl (C=O) groups is 1. The summed E-state index contributed by atoms with van der Waals surface area (Å²) < 4.78 is 22.7. The van der Waals surface area contributed by atoms with Gasteiger partial charge >= 0.3 is 5.97 Å².